The maximum absolute atomic E-state index is 12.0. The first-order valence-corrected chi connectivity index (χ1v) is 6.79. The second-order valence-corrected chi connectivity index (χ2v) is 4.69. The van der Waals surface area contributed by atoms with E-state index in [2.05, 4.69) is 5.32 Å². The van der Waals surface area contributed by atoms with Gasteiger partial charge in [0.1, 0.15) is 6.04 Å². The van der Waals surface area contributed by atoms with Gasteiger partial charge in [-0.15, -0.1) is 0 Å². The average Bonchev–Trinajstić information content (AvgIpc) is 2.40. The second kappa shape index (κ2) is 7.53. The molecule has 0 aliphatic carbocycles. The molecule has 20 heavy (non-hydrogen) atoms. The molecule has 0 aromatic heterocycles. The predicted octanol–water partition coefficient (Wildman–Crippen LogP) is 1.80. The minimum Gasteiger partial charge on any atom is -0.481 e. The Hall–Kier alpha value is -2.04. The Morgan fingerprint density at radius 3 is 2.55 bits per heavy atom. The van der Waals surface area contributed by atoms with Crippen LogP contribution in [0.3, 0.4) is 0 Å². The Labute approximate surface area is 119 Å². The van der Waals surface area contributed by atoms with Crippen LogP contribution in [0.4, 0.5) is 5.69 Å². The molecule has 5 nitrogen and oxygen atoms in total. The molecule has 110 valence electrons. The van der Waals surface area contributed by atoms with Gasteiger partial charge >= 0.3 is 5.97 Å². The molecule has 0 bridgehead atoms. The SMILES string of the molecule is CCNC(=O)C(C)N(CCC(=O)O)c1ccccc1C. The maximum Gasteiger partial charge on any atom is 0.305 e. The molecule has 0 aliphatic heterocycles. The first kappa shape index (κ1) is 16.0. The van der Waals surface area contributed by atoms with Gasteiger partial charge in [-0.2, -0.15) is 0 Å². The van der Waals surface area contributed by atoms with Crippen LogP contribution in [0.5, 0.6) is 0 Å². The molecule has 1 amide bonds. The molecule has 0 saturated heterocycles. The lowest BCUT2D eigenvalue weighted by molar-refractivity contribution is -0.137. The van der Waals surface area contributed by atoms with Gasteiger partial charge in [0, 0.05) is 18.8 Å². The van der Waals surface area contributed by atoms with E-state index in [0.29, 0.717) is 13.1 Å². The Morgan fingerprint density at radius 1 is 1.35 bits per heavy atom. The summed E-state index contributed by atoms with van der Waals surface area (Å²) in [5.41, 5.74) is 1.92. The molecule has 0 saturated carbocycles. The van der Waals surface area contributed by atoms with Gasteiger partial charge in [-0.1, -0.05) is 18.2 Å². The van der Waals surface area contributed by atoms with Crippen LogP contribution in [0.15, 0.2) is 24.3 Å². The summed E-state index contributed by atoms with van der Waals surface area (Å²) < 4.78 is 0. The first-order chi connectivity index (χ1) is 9.47. The van der Waals surface area contributed by atoms with Crippen LogP contribution in [0.2, 0.25) is 0 Å². The minimum atomic E-state index is -0.869. The lowest BCUT2D eigenvalue weighted by atomic mass is 10.1. The topological polar surface area (TPSA) is 69.6 Å². The Kier molecular flexibility index (Phi) is 6.03. The molecule has 1 atom stereocenters. The number of hydrogen-bond donors (Lipinski definition) is 2. The number of para-hydroxylation sites is 1. The first-order valence-electron chi connectivity index (χ1n) is 6.79. The molecule has 1 aromatic carbocycles. The zero-order valence-corrected chi connectivity index (χ0v) is 12.2. The minimum absolute atomic E-state index is 0.00191. The van der Waals surface area contributed by atoms with Crippen LogP contribution in [0.1, 0.15) is 25.8 Å². The van der Waals surface area contributed by atoms with E-state index in [1.807, 2.05) is 43.0 Å². The molecule has 1 aromatic rings. The third kappa shape index (κ3) is 4.26. The number of hydrogen-bond acceptors (Lipinski definition) is 3. The van der Waals surface area contributed by atoms with Crippen LogP contribution in [0.25, 0.3) is 0 Å². The highest BCUT2D eigenvalue weighted by Gasteiger charge is 2.22. The van der Waals surface area contributed by atoms with Crippen molar-refractivity contribution in [3.8, 4) is 0 Å². The standard InChI is InChI=1S/C15H22N2O3/c1-4-16-15(20)12(3)17(10-9-14(18)19)13-8-6-5-7-11(13)2/h5-8,12H,4,9-10H2,1-3H3,(H,16,20)(H,18,19). The molecule has 0 spiro atoms. The fourth-order valence-corrected chi connectivity index (χ4v) is 2.09. The van der Waals surface area contributed by atoms with Crippen LogP contribution in [-0.2, 0) is 9.59 Å². The quantitative estimate of drug-likeness (QED) is 0.798. The summed E-state index contributed by atoms with van der Waals surface area (Å²) in [7, 11) is 0. The predicted molar refractivity (Wildman–Crippen MR) is 78.9 cm³/mol. The molecular weight excluding hydrogens is 256 g/mol. The number of benzene rings is 1. The van der Waals surface area contributed by atoms with Crippen molar-refractivity contribution in [3.05, 3.63) is 29.8 Å². The maximum atomic E-state index is 12.0. The Bertz CT molecular complexity index is 474. The van der Waals surface area contributed by atoms with Gasteiger partial charge in [0.15, 0.2) is 0 Å². The lowest BCUT2D eigenvalue weighted by Gasteiger charge is -2.31. The monoisotopic (exact) mass is 278 g/mol. The highest BCUT2D eigenvalue weighted by atomic mass is 16.4. The van der Waals surface area contributed by atoms with Crippen molar-refractivity contribution < 1.29 is 14.7 Å². The zero-order chi connectivity index (χ0) is 15.1. The summed E-state index contributed by atoms with van der Waals surface area (Å²) >= 11 is 0. The number of carbonyl (C=O) groups is 2. The van der Waals surface area contributed by atoms with Crippen molar-refractivity contribution in [2.75, 3.05) is 18.0 Å². The molecule has 1 rings (SSSR count). The number of likely N-dealkylation sites (N-methyl/N-ethyl adjacent to an activating group) is 1. The summed E-state index contributed by atoms with van der Waals surface area (Å²) in [6, 6.07) is 7.27. The van der Waals surface area contributed by atoms with E-state index in [1.165, 1.54) is 0 Å². The summed E-state index contributed by atoms with van der Waals surface area (Å²) in [5, 5.41) is 11.6. The van der Waals surface area contributed by atoms with Crippen molar-refractivity contribution in [2.45, 2.75) is 33.2 Å². The third-order valence-electron chi connectivity index (χ3n) is 3.19. The zero-order valence-electron chi connectivity index (χ0n) is 12.2. The molecule has 0 fully saturated rings. The smallest absolute Gasteiger partial charge is 0.305 e. The molecular formula is C15H22N2O3. The normalized spacial score (nSPS) is 11.8. The molecule has 0 heterocycles. The number of carboxylic acids is 1. The highest BCUT2D eigenvalue weighted by molar-refractivity contribution is 5.85. The van der Waals surface area contributed by atoms with Crippen molar-refractivity contribution in [2.24, 2.45) is 0 Å². The van der Waals surface area contributed by atoms with E-state index >= 15 is 0 Å². The number of carbonyl (C=O) groups excluding carboxylic acids is 1. The number of nitrogens with zero attached hydrogens (tertiary/aromatic N) is 1. The summed E-state index contributed by atoms with van der Waals surface area (Å²) in [6.45, 7) is 6.47. The van der Waals surface area contributed by atoms with Crippen LogP contribution in [-0.4, -0.2) is 36.1 Å². The molecule has 1 unspecified atom stereocenters. The van der Waals surface area contributed by atoms with Gasteiger partial charge in [0.25, 0.3) is 0 Å². The fourth-order valence-electron chi connectivity index (χ4n) is 2.09. The van der Waals surface area contributed by atoms with Crippen LogP contribution >= 0.6 is 0 Å². The molecule has 2 N–H and O–H groups in total. The molecule has 0 aliphatic rings. The molecule has 0 radical (unpaired) electrons. The number of aliphatic carboxylic acids is 1. The van der Waals surface area contributed by atoms with Crippen LogP contribution in [0, 0.1) is 6.92 Å². The lowest BCUT2D eigenvalue weighted by Crippen LogP contribution is -2.46. The van der Waals surface area contributed by atoms with E-state index < -0.39 is 12.0 Å². The summed E-state index contributed by atoms with van der Waals surface area (Å²) in [6.07, 6.45) is -0.00191. The highest BCUT2D eigenvalue weighted by Crippen LogP contribution is 2.22. The fraction of sp³-hybridized carbons (Fsp3) is 0.467. The average molecular weight is 278 g/mol. The number of carboxylic acid groups (broad SMARTS) is 1. The van der Waals surface area contributed by atoms with E-state index in [-0.39, 0.29) is 12.3 Å². The number of amides is 1. The number of aryl methyl sites for hydroxylation is 1. The van der Waals surface area contributed by atoms with E-state index in [0.717, 1.165) is 11.3 Å². The van der Waals surface area contributed by atoms with Gasteiger partial charge in [0.05, 0.1) is 6.42 Å². The van der Waals surface area contributed by atoms with Crippen molar-refractivity contribution >= 4 is 17.6 Å². The third-order valence-corrected chi connectivity index (χ3v) is 3.19. The van der Waals surface area contributed by atoms with E-state index in [1.54, 1.807) is 6.92 Å². The largest absolute Gasteiger partial charge is 0.481 e. The van der Waals surface area contributed by atoms with Crippen molar-refractivity contribution in [3.63, 3.8) is 0 Å². The second-order valence-electron chi connectivity index (χ2n) is 4.69. The van der Waals surface area contributed by atoms with Crippen molar-refractivity contribution in [1.82, 2.24) is 5.32 Å². The molecule has 5 heteroatoms. The number of anilines is 1. The summed E-state index contributed by atoms with van der Waals surface area (Å²) in [4.78, 5) is 24.7. The van der Waals surface area contributed by atoms with Gasteiger partial charge in [-0.3, -0.25) is 9.59 Å². The number of nitrogens with one attached hydrogen (secondary N) is 1. The van der Waals surface area contributed by atoms with Gasteiger partial charge < -0.3 is 15.3 Å². The number of rotatable bonds is 7. The van der Waals surface area contributed by atoms with Crippen LogP contribution < -0.4 is 10.2 Å². The van der Waals surface area contributed by atoms with Gasteiger partial charge in [0.2, 0.25) is 5.91 Å². The summed E-state index contributed by atoms with van der Waals surface area (Å²) in [5.74, 6) is -0.965. The Balaban J connectivity index is 2.98. The van der Waals surface area contributed by atoms with Gasteiger partial charge in [-0.25, -0.2) is 0 Å². The van der Waals surface area contributed by atoms with E-state index in [4.69, 9.17) is 5.11 Å². The Morgan fingerprint density at radius 2 is 2.00 bits per heavy atom. The van der Waals surface area contributed by atoms with E-state index in [9.17, 15) is 9.59 Å². The van der Waals surface area contributed by atoms with Gasteiger partial charge in [-0.05, 0) is 32.4 Å². The van der Waals surface area contributed by atoms with Crippen molar-refractivity contribution in [1.29, 1.82) is 0 Å².